The summed E-state index contributed by atoms with van der Waals surface area (Å²) < 4.78 is 4.72. The van der Waals surface area contributed by atoms with Gasteiger partial charge in [0.15, 0.2) is 0 Å². The Hall–Kier alpha value is -2.27. The third kappa shape index (κ3) is 2.53. The van der Waals surface area contributed by atoms with E-state index in [1.54, 1.807) is 0 Å². The van der Waals surface area contributed by atoms with E-state index in [9.17, 15) is 0 Å². The van der Waals surface area contributed by atoms with Crippen molar-refractivity contribution in [3.63, 3.8) is 0 Å². The van der Waals surface area contributed by atoms with Gasteiger partial charge in [0.2, 0.25) is 0 Å². The van der Waals surface area contributed by atoms with Crippen molar-refractivity contribution in [2.45, 2.75) is 19.5 Å². The zero-order valence-electron chi connectivity index (χ0n) is 11.5. The van der Waals surface area contributed by atoms with Crippen LogP contribution < -0.4 is 0 Å². The van der Waals surface area contributed by atoms with E-state index in [4.69, 9.17) is 4.63 Å². The molecular formula is C15H16N4O. The van der Waals surface area contributed by atoms with Gasteiger partial charge in [-0.1, -0.05) is 12.1 Å². The highest BCUT2D eigenvalue weighted by molar-refractivity contribution is 5.73. The number of benzene rings is 1. The first-order chi connectivity index (χ1) is 9.74. The van der Waals surface area contributed by atoms with Gasteiger partial charge in [-0.3, -0.25) is 9.88 Å². The molecule has 0 unspecified atom stereocenters. The van der Waals surface area contributed by atoms with Crippen LogP contribution >= 0.6 is 0 Å². The van der Waals surface area contributed by atoms with Crippen LogP contribution in [-0.4, -0.2) is 27.2 Å². The predicted molar refractivity (Wildman–Crippen MR) is 75.9 cm³/mol. The van der Waals surface area contributed by atoms with Crippen molar-refractivity contribution in [2.75, 3.05) is 7.05 Å². The molecule has 0 spiro atoms. The van der Waals surface area contributed by atoms with E-state index in [-0.39, 0.29) is 6.04 Å². The quantitative estimate of drug-likeness (QED) is 0.728. The third-order valence-electron chi connectivity index (χ3n) is 3.53. The summed E-state index contributed by atoms with van der Waals surface area (Å²) in [5.41, 5.74) is 3.83. The van der Waals surface area contributed by atoms with Crippen LogP contribution in [0.3, 0.4) is 0 Å². The van der Waals surface area contributed by atoms with Crippen molar-refractivity contribution >= 4 is 11.0 Å². The highest BCUT2D eigenvalue weighted by atomic mass is 16.6. The zero-order valence-corrected chi connectivity index (χ0v) is 11.5. The van der Waals surface area contributed by atoms with Gasteiger partial charge in [0.1, 0.15) is 11.0 Å². The molecule has 0 amide bonds. The van der Waals surface area contributed by atoms with Gasteiger partial charge in [-0.2, -0.15) is 0 Å². The maximum absolute atomic E-state index is 4.72. The van der Waals surface area contributed by atoms with Crippen molar-refractivity contribution in [3.05, 3.63) is 53.9 Å². The summed E-state index contributed by atoms with van der Waals surface area (Å²) in [6.45, 7) is 2.97. The Labute approximate surface area is 117 Å². The predicted octanol–water partition coefficient (Wildman–Crippen LogP) is 2.81. The summed E-state index contributed by atoms with van der Waals surface area (Å²) in [5.74, 6) is 0. The summed E-state index contributed by atoms with van der Waals surface area (Å²) in [7, 11) is 2.09. The van der Waals surface area contributed by atoms with Gasteiger partial charge in [-0.25, -0.2) is 4.63 Å². The van der Waals surface area contributed by atoms with Crippen molar-refractivity contribution in [1.82, 2.24) is 20.2 Å². The van der Waals surface area contributed by atoms with E-state index in [2.05, 4.69) is 34.2 Å². The first kappa shape index (κ1) is 12.7. The molecule has 0 aliphatic carbocycles. The minimum absolute atomic E-state index is 0.252. The second kappa shape index (κ2) is 5.38. The molecule has 1 aromatic carbocycles. The SMILES string of the molecule is C[C@H](c1ccccn1)N(C)Cc1ccc2nonc2c1. The summed E-state index contributed by atoms with van der Waals surface area (Å²) in [6, 6.07) is 12.2. The van der Waals surface area contributed by atoms with Gasteiger partial charge >= 0.3 is 0 Å². The lowest BCUT2D eigenvalue weighted by atomic mass is 10.1. The van der Waals surface area contributed by atoms with E-state index >= 15 is 0 Å². The number of rotatable bonds is 4. The molecule has 102 valence electrons. The van der Waals surface area contributed by atoms with Crippen LogP contribution in [0.2, 0.25) is 0 Å². The molecule has 0 bridgehead atoms. The van der Waals surface area contributed by atoms with Crippen LogP contribution in [0.15, 0.2) is 47.2 Å². The number of nitrogens with zero attached hydrogens (tertiary/aromatic N) is 4. The molecule has 0 saturated heterocycles. The van der Waals surface area contributed by atoms with E-state index in [0.717, 1.165) is 23.3 Å². The number of aromatic nitrogens is 3. The van der Waals surface area contributed by atoms with E-state index in [1.807, 2.05) is 42.6 Å². The number of hydrogen-bond acceptors (Lipinski definition) is 5. The van der Waals surface area contributed by atoms with Crippen LogP contribution in [0, 0.1) is 0 Å². The van der Waals surface area contributed by atoms with E-state index in [1.165, 1.54) is 5.56 Å². The molecule has 2 heterocycles. The lowest BCUT2D eigenvalue weighted by Gasteiger charge is -2.24. The molecule has 0 aliphatic rings. The molecule has 1 atom stereocenters. The number of fused-ring (bicyclic) bond motifs is 1. The maximum atomic E-state index is 4.72. The van der Waals surface area contributed by atoms with Crippen molar-refractivity contribution in [2.24, 2.45) is 0 Å². The van der Waals surface area contributed by atoms with Crippen LogP contribution in [0.1, 0.15) is 24.2 Å². The number of pyridine rings is 1. The third-order valence-corrected chi connectivity index (χ3v) is 3.53. The van der Waals surface area contributed by atoms with Gasteiger partial charge < -0.3 is 0 Å². The fourth-order valence-electron chi connectivity index (χ4n) is 2.20. The Kier molecular flexibility index (Phi) is 3.43. The Morgan fingerprint density at radius 3 is 2.80 bits per heavy atom. The van der Waals surface area contributed by atoms with Crippen molar-refractivity contribution < 1.29 is 4.63 Å². The van der Waals surface area contributed by atoms with Gasteiger partial charge in [-0.05, 0) is 54.1 Å². The topological polar surface area (TPSA) is 55.1 Å². The molecule has 0 aliphatic heterocycles. The average molecular weight is 268 g/mol. The summed E-state index contributed by atoms with van der Waals surface area (Å²) in [6.07, 6.45) is 1.83. The van der Waals surface area contributed by atoms with E-state index in [0.29, 0.717) is 0 Å². The second-order valence-corrected chi connectivity index (χ2v) is 4.93. The summed E-state index contributed by atoms with van der Waals surface area (Å²) in [4.78, 5) is 6.65. The minimum Gasteiger partial charge on any atom is -0.294 e. The Balaban J connectivity index is 1.76. The van der Waals surface area contributed by atoms with Crippen LogP contribution in [0.5, 0.6) is 0 Å². The van der Waals surface area contributed by atoms with Crippen molar-refractivity contribution in [1.29, 1.82) is 0 Å². The van der Waals surface area contributed by atoms with Gasteiger partial charge in [-0.15, -0.1) is 0 Å². The maximum Gasteiger partial charge on any atom is 0.135 e. The van der Waals surface area contributed by atoms with Crippen LogP contribution in [0.25, 0.3) is 11.0 Å². The molecule has 3 aromatic rings. The van der Waals surface area contributed by atoms with Gasteiger partial charge in [0.25, 0.3) is 0 Å². The fourth-order valence-corrected chi connectivity index (χ4v) is 2.20. The molecule has 20 heavy (non-hydrogen) atoms. The normalized spacial score (nSPS) is 12.9. The van der Waals surface area contributed by atoms with Gasteiger partial charge in [0.05, 0.1) is 5.69 Å². The molecule has 2 aromatic heterocycles. The van der Waals surface area contributed by atoms with Crippen LogP contribution in [-0.2, 0) is 6.54 Å². The largest absolute Gasteiger partial charge is 0.294 e. The Morgan fingerprint density at radius 1 is 1.15 bits per heavy atom. The molecule has 3 rings (SSSR count). The van der Waals surface area contributed by atoms with Crippen molar-refractivity contribution in [3.8, 4) is 0 Å². The summed E-state index contributed by atoms with van der Waals surface area (Å²) >= 11 is 0. The number of hydrogen-bond donors (Lipinski definition) is 0. The first-order valence-corrected chi connectivity index (χ1v) is 6.56. The van der Waals surface area contributed by atoms with Gasteiger partial charge in [0, 0.05) is 18.8 Å². The Bertz CT molecular complexity index is 695. The first-order valence-electron chi connectivity index (χ1n) is 6.56. The molecule has 0 N–H and O–H groups in total. The molecule has 5 heteroatoms. The smallest absolute Gasteiger partial charge is 0.135 e. The zero-order chi connectivity index (χ0) is 13.9. The highest BCUT2D eigenvalue weighted by Gasteiger charge is 2.13. The monoisotopic (exact) mass is 268 g/mol. The Morgan fingerprint density at radius 2 is 2.00 bits per heavy atom. The van der Waals surface area contributed by atoms with Crippen LogP contribution in [0.4, 0.5) is 0 Å². The molecular weight excluding hydrogens is 252 g/mol. The second-order valence-electron chi connectivity index (χ2n) is 4.93. The standard InChI is InChI=1S/C15H16N4O/c1-11(13-5-3-4-8-16-13)19(2)10-12-6-7-14-15(9-12)18-20-17-14/h3-9,11H,10H2,1-2H3/t11-/m1/s1. The fraction of sp³-hybridized carbons (Fsp3) is 0.267. The van der Waals surface area contributed by atoms with E-state index < -0.39 is 0 Å². The lowest BCUT2D eigenvalue weighted by Crippen LogP contribution is -2.22. The highest BCUT2D eigenvalue weighted by Crippen LogP contribution is 2.20. The summed E-state index contributed by atoms with van der Waals surface area (Å²) in [5, 5.41) is 7.68. The molecule has 0 radical (unpaired) electrons. The molecule has 5 nitrogen and oxygen atoms in total. The average Bonchev–Trinajstić information content (AvgIpc) is 2.95. The lowest BCUT2D eigenvalue weighted by molar-refractivity contribution is 0.249. The minimum atomic E-state index is 0.252. The molecule has 0 fully saturated rings. The molecule has 0 saturated carbocycles.